The predicted molar refractivity (Wildman–Crippen MR) is 80.4 cm³/mol. The maximum atomic E-state index is 14.2. The Morgan fingerprint density at radius 2 is 1.50 bits per heavy atom. The number of halogens is 2. The van der Waals surface area contributed by atoms with Gasteiger partial charge in [-0.05, 0) is 17.5 Å². The number of hydrogen-bond donors (Lipinski definition) is 0. The van der Waals surface area contributed by atoms with Crippen LogP contribution in [0.4, 0.5) is 8.78 Å². The summed E-state index contributed by atoms with van der Waals surface area (Å²) in [5.74, 6) is -5.31. The van der Waals surface area contributed by atoms with Crippen LogP contribution >= 0.6 is 0 Å². The van der Waals surface area contributed by atoms with Crippen LogP contribution in [0.15, 0.2) is 60.7 Å². The van der Waals surface area contributed by atoms with Crippen molar-refractivity contribution in [2.45, 2.75) is 18.9 Å². The number of benzene rings is 2. The van der Waals surface area contributed by atoms with Crippen LogP contribution in [0.5, 0.6) is 0 Å². The van der Waals surface area contributed by atoms with Crippen molar-refractivity contribution in [3.05, 3.63) is 71.8 Å². The average molecular weight is 301 g/mol. The molecule has 0 N–H and O–H groups in total. The van der Waals surface area contributed by atoms with E-state index in [9.17, 15) is 13.6 Å². The highest BCUT2D eigenvalue weighted by molar-refractivity contribution is 5.86. The number of carbonyl (C=O) groups is 1. The molecule has 0 bridgehead atoms. The summed E-state index contributed by atoms with van der Waals surface area (Å²) in [7, 11) is 0. The van der Waals surface area contributed by atoms with E-state index in [-0.39, 0.29) is 19.5 Å². The lowest BCUT2D eigenvalue weighted by atomic mass is 9.96. The zero-order valence-corrected chi connectivity index (χ0v) is 12.1. The molecule has 1 aliphatic rings. The normalized spacial score (nSPS) is 20.4. The Kier molecular flexibility index (Phi) is 3.92. The molecule has 4 heteroatoms. The van der Waals surface area contributed by atoms with Crippen molar-refractivity contribution in [3.8, 4) is 0 Å². The molecular weight excluding hydrogens is 284 g/mol. The lowest BCUT2D eigenvalue weighted by Gasteiger charge is -2.15. The highest BCUT2D eigenvalue weighted by Gasteiger charge is 2.55. The molecule has 1 fully saturated rings. The average Bonchev–Trinajstić information content (AvgIpc) is 2.73. The zero-order chi connectivity index (χ0) is 15.6. The summed E-state index contributed by atoms with van der Waals surface area (Å²) < 4.78 is 28.5. The Bertz CT molecular complexity index is 643. The predicted octanol–water partition coefficient (Wildman–Crippen LogP) is 3.52. The van der Waals surface area contributed by atoms with Gasteiger partial charge in [0.2, 0.25) is 0 Å². The molecule has 1 amide bonds. The SMILES string of the molecule is O=C1N(Cc2ccccc2)CC(Cc2ccccc2)C1(F)F. The lowest BCUT2D eigenvalue weighted by molar-refractivity contribution is -0.151. The minimum atomic E-state index is -3.29. The van der Waals surface area contributed by atoms with Crippen molar-refractivity contribution in [1.29, 1.82) is 0 Å². The van der Waals surface area contributed by atoms with Crippen LogP contribution in [0.2, 0.25) is 0 Å². The van der Waals surface area contributed by atoms with Gasteiger partial charge in [0, 0.05) is 13.1 Å². The van der Waals surface area contributed by atoms with E-state index in [4.69, 9.17) is 0 Å². The van der Waals surface area contributed by atoms with E-state index in [0.717, 1.165) is 11.1 Å². The summed E-state index contributed by atoms with van der Waals surface area (Å²) in [5.41, 5.74) is 1.70. The van der Waals surface area contributed by atoms with Gasteiger partial charge in [-0.1, -0.05) is 60.7 Å². The molecule has 1 saturated heterocycles. The first kappa shape index (κ1) is 14.7. The fourth-order valence-corrected chi connectivity index (χ4v) is 2.88. The van der Waals surface area contributed by atoms with Gasteiger partial charge in [0.15, 0.2) is 0 Å². The first-order chi connectivity index (χ1) is 10.6. The summed E-state index contributed by atoms with van der Waals surface area (Å²) in [6, 6.07) is 18.4. The van der Waals surface area contributed by atoms with Gasteiger partial charge in [0.05, 0.1) is 5.92 Å². The Hall–Kier alpha value is -2.23. The lowest BCUT2D eigenvalue weighted by Crippen LogP contribution is -2.35. The second kappa shape index (κ2) is 5.87. The number of carbonyl (C=O) groups excluding carboxylic acids is 1. The van der Waals surface area contributed by atoms with Gasteiger partial charge >= 0.3 is 5.92 Å². The molecule has 2 nitrogen and oxygen atoms in total. The summed E-state index contributed by atoms with van der Waals surface area (Å²) in [6.45, 7) is 0.330. The molecule has 0 aromatic heterocycles. The number of nitrogens with zero attached hydrogens (tertiary/aromatic N) is 1. The van der Waals surface area contributed by atoms with E-state index in [2.05, 4.69) is 0 Å². The first-order valence-electron chi connectivity index (χ1n) is 7.32. The first-order valence-corrected chi connectivity index (χ1v) is 7.32. The molecular formula is C18H17F2NO. The standard InChI is InChI=1S/C18H17F2NO/c19-18(20)16(11-14-7-3-1-4-8-14)13-21(17(18)22)12-15-9-5-2-6-10-15/h1-10,16H,11-13H2. The van der Waals surface area contributed by atoms with Crippen molar-refractivity contribution in [1.82, 2.24) is 4.90 Å². The van der Waals surface area contributed by atoms with Crippen LogP contribution in [-0.4, -0.2) is 23.3 Å². The van der Waals surface area contributed by atoms with Gasteiger partial charge in [-0.3, -0.25) is 4.79 Å². The fraction of sp³-hybridized carbons (Fsp3) is 0.278. The Labute approximate surface area is 128 Å². The van der Waals surface area contributed by atoms with Crippen LogP contribution in [-0.2, 0) is 17.8 Å². The van der Waals surface area contributed by atoms with Crippen LogP contribution in [0.1, 0.15) is 11.1 Å². The van der Waals surface area contributed by atoms with Gasteiger partial charge in [-0.25, -0.2) is 0 Å². The molecule has 1 heterocycles. The molecule has 0 radical (unpaired) electrons. The molecule has 114 valence electrons. The topological polar surface area (TPSA) is 20.3 Å². The van der Waals surface area contributed by atoms with E-state index < -0.39 is 17.7 Å². The number of hydrogen-bond acceptors (Lipinski definition) is 1. The Balaban J connectivity index is 1.75. The maximum absolute atomic E-state index is 14.2. The summed E-state index contributed by atoms with van der Waals surface area (Å²) in [4.78, 5) is 13.3. The summed E-state index contributed by atoms with van der Waals surface area (Å²) in [6.07, 6.45) is 0.213. The third-order valence-electron chi connectivity index (χ3n) is 4.07. The second-order valence-electron chi connectivity index (χ2n) is 5.68. The van der Waals surface area contributed by atoms with Gasteiger partial charge in [-0.2, -0.15) is 8.78 Å². The van der Waals surface area contributed by atoms with Crippen molar-refractivity contribution in [2.75, 3.05) is 6.54 Å². The van der Waals surface area contributed by atoms with Gasteiger partial charge in [0.25, 0.3) is 5.91 Å². The number of amides is 1. The smallest absolute Gasteiger partial charge is 0.329 e. The number of likely N-dealkylation sites (tertiary alicyclic amines) is 1. The summed E-state index contributed by atoms with van der Waals surface area (Å²) in [5, 5.41) is 0. The molecule has 1 aliphatic heterocycles. The molecule has 1 atom stereocenters. The molecule has 22 heavy (non-hydrogen) atoms. The minimum Gasteiger partial charge on any atom is -0.333 e. The van der Waals surface area contributed by atoms with E-state index >= 15 is 0 Å². The Morgan fingerprint density at radius 1 is 0.955 bits per heavy atom. The highest BCUT2D eigenvalue weighted by Crippen LogP contribution is 2.37. The van der Waals surface area contributed by atoms with Gasteiger partial charge in [0.1, 0.15) is 0 Å². The maximum Gasteiger partial charge on any atom is 0.329 e. The van der Waals surface area contributed by atoms with Crippen molar-refractivity contribution in [2.24, 2.45) is 5.92 Å². The molecule has 2 aromatic carbocycles. The molecule has 3 rings (SSSR count). The largest absolute Gasteiger partial charge is 0.333 e. The monoisotopic (exact) mass is 301 g/mol. The van der Waals surface area contributed by atoms with Gasteiger partial charge in [-0.15, -0.1) is 0 Å². The Morgan fingerprint density at radius 3 is 2.09 bits per heavy atom. The fourth-order valence-electron chi connectivity index (χ4n) is 2.88. The van der Waals surface area contributed by atoms with Gasteiger partial charge < -0.3 is 4.90 Å². The van der Waals surface area contributed by atoms with Crippen LogP contribution in [0.25, 0.3) is 0 Å². The van der Waals surface area contributed by atoms with Crippen molar-refractivity contribution < 1.29 is 13.6 Å². The van der Waals surface area contributed by atoms with Crippen molar-refractivity contribution in [3.63, 3.8) is 0 Å². The van der Waals surface area contributed by atoms with E-state index in [1.807, 2.05) is 60.7 Å². The third-order valence-corrected chi connectivity index (χ3v) is 4.07. The second-order valence-corrected chi connectivity index (χ2v) is 5.68. The minimum absolute atomic E-state index is 0.0929. The number of alkyl halides is 2. The quantitative estimate of drug-likeness (QED) is 0.846. The van der Waals surface area contributed by atoms with E-state index in [1.54, 1.807) is 0 Å². The van der Waals surface area contributed by atoms with E-state index in [0.29, 0.717) is 0 Å². The van der Waals surface area contributed by atoms with Crippen LogP contribution in [0.3, 0.4) is 0 Å². The molecule has 0 saturated carbocycles. The molecule has 0 aliphatic carbocycles. The molecule has 0 spiro atoms. The molecule has 2 aromatic rings. The van der Waals surface area contributed by atoms with E-state index in [1.165, 1.54) is 4.90 Å². The zero-order valence-electron chi connectivity index (χ0n) is 12.1. The van der Waals surface area contributed by atoms with Crippen LogP contribution in [0, 0.1) is 5.92 Å². The summed E-state index contributed by atoms with van der Waals surface area (Å²) >= 11 is 0. The molecule has 1 unspecified atom stereocenters. The van der Waals surface area contributed by atoms with Crippen molar-refractivity contribution >= 4 is 5.91 Å². The number of rotatable bonds is 4. The van der Waals surface area contributed by atoms with Crippen LogP contribution < -0.4 is 0 Å². The third kappa shape index (κ3) is 2.86. The highest BCUT2D eigenvalue weighted by atomic mass is 19.3.